The molecule has 0 bridgehead atoms. The molecule has 1 aliphatic carbocycles. The van der Waals surface area contributed by atoms with Crippen LogP contribution in [0, 0.1) is 11.3 Å². The fourth-order valence-electron chi connectivity index (χ4n) is 2.00. The third kappa shape index (κ3) is 2.38. The lowest BCUT2D eigenvalue weighted by atomic mass is 9.92. The van der Waals surface area contributed by atoms with E-state index < -0.39 is 5.97 Å². The number of aromatic carboxylic acids is 1. The molecular weight excluding hydrogens is 218 g/mol. The fraction of sp³-hybridized carbons (Fsp3) is 0.583. The van der Waals surface area contributed by atoms with Crippen LogP contribution in [0.15, 0.2) is 12.4 Å². The second kappa shape index (κ2) is 4.31. The summed E-state index contributed by atoms with van der Waals surface area (Å²) in [5.41, 5.74) is 0.305. The van der Waals surface area contributed by atoms with E-state index in [1.165, 1.54) is 25.2 Å². The van der Waals surface area contributed by atoms with Gasteiger partial charge in [-0.2, -0.15) is 0 Å². The van der Waals surface area contributed by atoms with E-state index in [4.69, 9.17) is 5.11 Å². The van der Waals surface area contributed by atoms with E-state index in [2.05, 4.69) is 29.1 Å². The third-order valence-electron chi connectivity index (χ3n) is 3.63. The lowest BCUT2D eigenvalue weighted by Gasteiger charge is -2.20. The lowest BCUT2D eigenvalue weighted by Crippen LogP contribution is -2.22. The Hall–Kier alpha value is -1.65. The first-order chi connectivity index (χ1) is 8.05. The molecule has 0 aliphatic heterocycles. The second-order valence-corrected chi connectivity index (χ2v) is 4.93. The van der Waals surface area contributed by atoms with Crippen molar-refractivity contribution in [2.24, 2.45) is 11.3 Å². The van der Waals surface area contributed by atoms with Crippen LogP contribution >= 0.6 is 0 Å². The summed E-state index contributed by atoms with van der Waals surface area (Å²) in [7, 11) is 0. The summed E-state index contributed by atoms with van der Waals surface area (Å²) < 4.78 is 0. The van der Waals surface area contributed by atoms with Gasteiger partial charge < -0.3 is 10.4 Å². The van der Waals surface area contributed by atoms with E-state index in [0.717, 1.165) is 6.54 Å². The van der Waals surface area contributed by atoms with Crippen molar-refractivity contribution in [2.75, 3.05) is 11.9 Å². The Bertz CT molecular complexity index is 428. The standard InChI is InChI=1S/C12H17N3O2/c1-8(2)12(3-4-12)7-15-10-9(11(16)17)13-5-6-14-10/h5-6,8H,3-4,7H2,1-2H3,(H,14,15)(H,16,17). The van der Waals surface area contributed by atoms with Crippen molar-refractivity contribution in [3.63, 3.8) is 0 Å². The Labute approximate surface area is 100 Å². The Morgan fingerprint density at radius 3 is 2.65 bits per heavy atom. The minimum Gasteiger partial charge on any atom is -0.476 e. The molecular formula is C12H17N3O2. The molecule has 0 radical (unpaired) electrons. The maximum absolute atomic E-state index is 11.0. The van der Waals surface area contributed by atoms with E-state index in [0.29, 0.717) is 17.2 Å². The molecule has 0 aromatic carbocycles. The lowest BCUT2D eigenvalue weighted by molar-refractivity contribution is 0.0691. The molecule has 5 nitrogen and oxygen atoms in total. The second-order valence-electron chi connectivity index (χ2n) is 4.93. The van der Waals surface area contributed by atoms with Gasteiger partial charge in [0.1, 0.15) is 0 Å². The van der Waals surface area contributed by atoms with Crippen LogP contribution in [0.4, 0.5) is 5.82 Å². The number of nitrogens with one attached hydrogen (secondary N) is 1. The number of hydrogen-bond donors (Lipinski definition) is 2. The summed E-state index contributed by atoms with van der Waals surface area (Å²) in [5, 5.41) is 12.1. The summed E-state index contributed by atoms with van der Waals surface area (Å²) in [6, 6.07) is 0. The number of nitrogens with zero attached hydrogens (tertiary/aromatic N) is 2. The molecule has 2 rings (SSSR count). The normalized spacial score (nSPS) is 16.9. The molecule has 1 saturated carbocycles. The zero-order chi connectivity index (χ0) is 12.5. The van der Waals surface area contributed by atoms with Crippen LogP contribution < -0.4 is 5.32 Å². The number of aromatic nitrogens is 2. The summed E-state index contributed by atoms with van der Waals surface area (Å²) in [5.74, 6) is -0.0816. The van der Waals surface area contributed by atoms with Gasteiger partial charge in [-0.05, 0) is 24.2 Å². The van der Waals surface area contributed by atoms with E-state index in [1.54, 1.807) is 0 Å². The van der Waals surface area contributed by atoms with E-state index in [1.807, 2.05) is 0 Å². The SMILES string of the molecule is CC(C)C1(CNc2nccnc2C(=O)O)CC1. The van der Waals surface area contributed by atoms with E-state index in [9.17, 15) is 4.79 Å². The van der Waals surface area contributed by atoms with Gasteiger partial charge >= 0.3 is 5.97 Å². The van der Waals surface area contributed by atoms with Crippen LogP contribution in [0.5, 0.6) is 0 Å². The highest BCUT2D eigenvalue weighted by Gasteiger charge is 2.45. The number of carboxylic acids is 1. The molecule has 1 aliphatic rings. The van der Waals surface area contributed by atoms with Crippen molar-refractivity contribution in [3.05, 3.63) is 18.1 Å². The molecule has 1 heterocycles. The minimum absolute atomic E-state index is 0.00736. The maximum atomic E-state index is 11.0. The summed E-state index contributed by atoms with van der Waals surface area (Å²) in [4.78, 5) is 18.8. The molecule has 0 spiro atoms. The van der Waals surface area contributed by atoms with Gasteiger partial charge in [0, 0.05) is 18.9 Å². The molecule has 92 valence electrons. The predicted molar refractivity (Wildman–Crippen MR) is 64.0 cm³/mol. The molecule has 0 unspecified atom stereocenters. The molecule has 1 fully saturated rings. The van der Waals surface area contributed by atoms with Crippen LogP contribution in [0.25, 0.3) is 0 Å². The summed E-state index contributed by atoms with van der Waals surface area (Å²) >= 11 is 0. The number of rotatable bonds is 5. The Morgan fingerprint density at radius 2 is 2.12 bits per heavy atom. The number of carbonyl (C=O) groups is 1. The fourth-order valence-corrected chi connectivity index (χ4v) is 2.00. The van der Waals surface area contributed by atoms with Gasteiger partial charge in [0.05, 0.1) is 0 Å². The highest BCUT2D eigenvalue weighted by atomic mass is 16.4. The summed E-state index contributed by atoms with van der Waals surface area (Å²) in [6.07, 6.45) is 5.29. The number of carboxylic acid groups (broad SMARTS) is 1. The van der Waals surface area contributed by atoms with Gasteiger partial charge in [0.15, 0.2) is 11.5 Å². The summed E-state index contributed by atoms with van der Waals surface area (Å²) in [6.45, 7) is 5.16. The van der Waals surface area contributed by atoms with Gasteiger partial charge in [0.2, 0.25) is 0 Å². The molecule has 0 amide bonds. The van der Waals surface area contributed by atoms with Crippen molar-refractivity contribution < 1.29 is 9.90 Å². The minimum atomic E-state index is -1.05. The van der Waals surface area contributed by atoms with Crippen molar-refractivity contribution in [3.8, 4) is 0 Å². The van der Waals surface area contributed by atoms with Crippen molar-refractivity contribution in [1.29, 1.82) is 0 Å². The Morgan fingerprint density at radius 1 is 1.47 bits per heavy atom. The van der Waals surface area contributed by atoms with Crippen molar-refractivity contribution in [1.82, 2.24) is 9.97 Å². The molecule has 1 aromatic rings. The molecule has 0 saturated heterocycles. The van der Waals surface area contributed by atoms with Crippen molar-refractivity contribution >= 4 is 11.8 Å². The van der Waals surface area contributed by atoms with Crippen LogP contribution in [-0.2, 0) is 0 Å². The molecule has 5 heteroatoms. The molecule has 0 atom stereocenters. The first-order valence-corrected chi connectivity index (χ1v) is 5.83. The predicted octanol–water partition coefficient (Wildman–Crippen LogP) is 2.02. The van der Waals surface area contributed by atoms with Gasteiger partial charge in [-0.3, -0.25) is 0 Å². The average molecular weight is 235 g/mol. The van der Waals surface area contributed by atoms with Crippen LogP contribution in [0.2, 0.25) is 0 Å². The average Bonchev–Trinajstić information content (AvgIpc) is 3.07. The zero-order valence-electron chi connectivity index (χ0n) is 10.1. The van der Waals surface area contributed by atoms with Crippen LogP contribution in [0.3, 0.4) is 0 Å². The van der Waals surface area contributed by atoms with Crippen LogP contribution in [0.1, 0.15) is 37.2 Å². The number of anilines is 1. The first-order valence-electron chi connectivity index (χ1n) is 5.83. The van der Waals surface area contributed by atoms with E-state index >= 15 is 0 Å². The Kier molecular flexibility index (Phi) is 3.00. The monoisotopic (exact) mass is 235 g/mol. The third-order valence-corrected chi connectivity index (χ3v) is 3.63. The zero-order valence-corrected chi connectivity index (χ0v) is 10.1. The van der Waals surface area contributed by atoms with Crippen LogP contribution in [-0.4, -0.2) is 27.6 Å². The topological polar surface area (TPSA) is 75.1 Å². The quantitative estimate of drug-likeness (QED) is 0.816. The highest BCUT2D eigenvalue weighted by Crippen LogP contribution is 2.51. The maximum Gasteiger partial charge on any atom is 0.358 e. The first kappa shape index (κ1) is 11.8. The molecule has 2 N–H and O–H groups in total. The van der Waals surface area contributed by atoms with Gasteiger partial charge in [0.25, 0.3) is 0 Å². The van der Waals surface area contributed by atoms with Gasteiger partial charge in [-0.1, -0.05) is 13.8 Å². The smallest absolute Gasteiger partial charge is 0.358 e. The van der Waals surface area contributed by atoms with Gasteiger partial charge in [-0.25, -0.2) is 14.8 Å². The van der Waals surface area contributed by atoms with Crippen molar-refractivity contribution in [2.45, 2.75) is 26.7 Å². The van der Waals surface area contributed by atoms with E-state index in [-0.39, 0.29) is 5.69 Å². The molecule has 17 heavy (non-hydrogen) atoms. The largest absolute Gasteiger partial charge is 0.476 e. The van der Waals surface area contributed by atoms with Gasteiger partial charge in [-0.15, -0.1) is 0 Å². The molecule has 1 aromatic heterocycles. The highest BCUT2D eigenvalue weighted by molar-refractivity contribution is 5.90. The number of hydrogen-bond acceptors (Lipinski definition) is 4. The Balaban J connectivity index is 2.07.